The molecule has 0 atom stereocenters. The Morgan fingerprint density at radius 2 is 1.88 bits per heavy atom. The summed E-state index contributed by atoms with van der Waals surface area (Å²) in [6.07, 6.45) is 3.06. The van der Waals surface area contributed by atoms with Crippen LogP contribution in [0.4, 0.5) is 8.78 Å². The predicted octanol–water partition coefficient (Wildman–Crippen LogP) is 4.98. The highest BCUT2D eigenvalue weighted by Crippen LogP contribution is 2.35. The number of nitrogens with zero attached hydrogens (tertiary/aromatic N) is 1. The molecule has 0 radical (unpaired) electrons. The van der Waals surface area contributed by atoms with Crippen molar-refractivity contribution in [3.05, 3.63) is 59.8 Å². The fraction of sp³-hybridized carbons (Fsp3) is 0.304. The summed E-state index contributed by atoms with van der Waals surface area (Å²) >= 11 is 0. The van der Waals surface area contributed by atoms with Gasteiger partial charge in [-0.05, 0) is 36.1 Å². The van der Waals surface area contributed by atoms with Crippen molar-refractivity contribution in [1.82, 2.24) is 4.98 Å². The van der Waals surface area contributed by atoms with Gasteiger partial charge in [0.05, 0.1) is 24.2 Å². The van der Waals surface area contributed by atoms with Gasteiger partial charge in [-0.15, -0.1) is 0 Å². The van der Waals surface area contributed by atoms with Crippen molar-refractivity contribution < 1.29 is 31.5 Å². The number of ether oxygens (including phenoxy) is 2. The highest BCUT2D eigenvalue weighted by molar-refractivity contribution is 7.91. The van der Waals surface area contributed by atoms with Crippen LogP contribution in [0.25, 0.3) is 10.8 Å². The Bertz CT molecular complexity index is 1230. The number of fused-ring (bicyclic) bond motifs is 1. The van der Waals surface area contributed by atoms with E-state index in [9.17, 15) is 17.6 Å². The third kappa shape index (κ3) is 5.40. The van der Waals surface area contributed by atoms with Crippen LogP contribution >= 0.6 is 0 Å². The minimum Gasteiger partial charge on any atom is -0.469 e. The molecule has 1 aromatic heterocycles. The Labute approximate surface area is 185 Å². The monoisotopic (exact) mass is 463 g/mol. The zero-order chi connectivity index (χ0) is 23.3. The lowest BCUT2D eigenvalue weighted by atomic mass is 10.0. The normalized spacial score (nSPS) is 11.5. The van der Waals surface area contributed by atoms with Crippen LogP contribution < -0.4 is 4.74 Å². The Kier molecular flexibility index (Phi) is 7.40. The van der Waals surface area contributed by atoms with Gasteiger partial charge in [-0.25, -0.2) is 22.2 Å². The van der Waals surface area contributed by atoms with Gasteiger partial charge in [0, 0.05) is 23.2 Å². The van der Waals surface area contributed by atoms with E-state index in [-0.39, 0.29) is 39.6 Å². The topological polar surface area (TPSA) is 82.6 Å². The zero-order valence-corrected chi connectivity index (χ0v) is 18.5. The lowest BCUT2D eigenvalue weighted by molar-refractivity contribution is -0.139. The fourth-order valence-electron chi connectivity index (χ4n) is 3.20. The Hall–Kier alpha value is -3.07. The highest BCUT2D eigenvalue weighted by atomic mass is 32.2. The van der Waals surface area contributed by atoms with Crippen molar-refractivity contribution in [1.29, 1.82) is 0 Å². The summed E-state index contributed by atoms with van der Waals surface area (Å²) in [6.45, 7) is 1.98. The van der Waals surface area contributed by atoms with Crippen LogP contribution in [0.2, 0.25) is 0 Å². The largest absolute Gasteiger partial charge is 0.469 e. The van der Waals surface area contributed by atoms with Gasteiger partial charge in [-0.2, -0.15) is 0 Å². The van der Waals surface area contributed by atoms with Crippen molar-refractivity contribution in [2.24, 2.45) is 0 Å². The molecule has 0 fully saturated rings. The van der Waals surface area contributed by atoms with E-state index in [1.165, 1.54) is 37.4 Å². The van der Waals surface area contributed by atoms with Gasteiger partial charge in [0.15, 0.2) is 21.4 Å². The Morgan fingerprint density at radius 3 is 2.53 bits per heavy atom. The standard InChI is InChI=1S/C23H23F2NO5S/c1-3-4-5-10-32(28,29)18-8-9-20(26-14-18)31-23-19-13-17(24)7-6-15(19)11-16(22(23)25)12-21(27)30-2/h6-9,11,13-14H,3-5,10,12H2,1-2H3. The molecule has 9 heteroatoms. The average molecular weight is 464 g/mol. The molecule has 0 unspecified atom stereocenters. The molecule has 3 rings (SSSR count). The van der Waals surface area contributed by atoms with Crippen molar-refractivity contribution in [3.63, 3.8) is 0 Å². The van der Waals surface area contributed by atoms with Crippen LogP contribution in [-0.4, -0.2) is 32.2 Å². The van der Waals surface area contributed by atoms with Crippen molar-refractivity contribution in [2.45, 2.75) is 37.5 Å². The minimum absolute atomic E-state index is 0.0108. The SMILES string of the molecule is CCCCCS(=O)(=O)c1ccc(Oc2c(F)c(CC(=O)OC)cc3ccc(F)cc23)nc1. The smallest absolute Gasteiger partial charge is 0.310 e. The molecule has 0 saturated heterocycles. The Morgan fingerprint density at radius 1 is 1.09 bits per heavy atom. The number of rotatable bonds is 9. The summed E-state index contributed by atoms with van der Waals surface area (Å²) in [4.78, 5) is 15.7. The molecular weight excluding hydrogens is 440 g/mol. The van der Waals surface area contributed by atoms with Gasteiger partial charge in [-0.1, -0.05) is 25.8 Å². The molecular formula is C23H23F2NO5S. The molecule has 0 N–H and O–H groups in total. The van der Waals surface area contributed by atoms with Gasteiger partial charge in [0.2, 0.25) is 5.88 Å². The fourth-order valence-corrected chi connectivity index (χ4v) is 4.51. The van der Waals surface area contributed by atoms with Crippen molar-refractivity contribution >= 4 is 26.6 Å². The second-order valence-electron chi connectivity index (χ2n) is 7.26. The number of hydrogen-bond donors (Lipinski definition) is 0. The second kappa shape index (κ2) is 10.0. The molecule has 0 saturated carbocycles. The maximum absolute atomic E-state index is 15.2. The average Bonchev–Trinajstić information content (AvgIpc) is 2.77. The predicted molar refractivity (Wildman–Crippen MR) is 115 cm³/mol. The zero-order valence-electron chi connectivity index (χ0n) is 17.7. The quantitative estimate of drug-likeness (QED) is 0.329. The molecule has 1 heterocycles. The molecule has 170 valence electrons. The Balaban J connectivity index is 1.96. The number of sulfone groups is 1. The van der Waals surface area contributed by atoms with Crippen molar-refractivity contribution in [2.75, 3.05) is 12.9 Å². The van der Waals surface area contributed by atoms with Crippen LogP contribution in [0.15, 0.2) is 47.5 Å². The van der Waals surface area contributed by atoms with Crippen LogP contribution in [0.5, 0.6) is 11.6 Å². The molecule has 0 aliphatic rings. The first kappa shape index (κ1) is 23.6. The number of aromatic nitrogens is 1. The second-order valence-corrected chi connectivity index (χ2v) is 9.37. The third-order valence-corrected chi connectivity index (χ3v) is 6.71. The summed E-state index contributed by atoms with van der Waals surface area (Å²) in [5.74, 6) is -2.47. The van der Waals surface area contributed by atoms with E-state index < -0.39 is 27.4 Å². The minimum atomic E-state index is -3.49. The number of methoxy groups -OCH3 is 1. The molecule has 0 aliphatic carbocycles. The van der Waals surface area contributed by atoms with Crippen LogP contribution in [0, 0.1) is 11.6 Å². The van der Waals surface area contributed by atoms with E-state index in [1.54, 1.807) is 0 Å². The van der Waals surface area contributed by atoms with Crippen molar-refractivity contribution in [3.8, 4) is 11.6 Å². The first-order valence-electron chi connectivity index (χ1n) is 10.1. The van der Waals surface area contributed by atoms with E-state index in [2.05, 4.69) is 9.72 Å². The summed E-state index contributed by atoms with van der Waals surface area (Å²) in [5.41, 5.74) is 0.0149. The molecule has 6 nitrogen and oxygen atoms in total. The molecule has 0 aliphatic heterocycles. The molecule has 32 heavy (non-hydrogen) atoms. The van der Waals surface area contributed by atoms with E-state index in [0.29, 0.717) is 11.8 Å². The van der Waals surface area contributed by atoms with E-state index in [0.717, 1.165) is 25.1 Å². The number of benzene rings is 2. The highest BCUT2D eigenvalue weighted by Gasteiger charge is 2.20. The number of carbonyl (C=O) groups is 1. The van der Waals surface area contributed by atoms with Gasteiger partial charge >= 0.3 is 5.97 Å². The van der Waals surface area contributed by atoms with Gasteiger partial charge in [-0.3, -0.25) is 4.79 Å². The van der Waals surface area contributed by atoms with E-state index in [1.807, 2.05) is 6.92 Å². The van der Waals surface area contributed by atoms with E-state index >= 15 is 4.39 Å². The maximum atomic E-state index is 15.2. The van der Waals surface area contributed by atoms with Gasteiger partial charge in [0.1, 0.15) is 5.82 Å². The van der Waals surface area contributed by atoms with Gasteiger partial charge < -0.3 is 9.47 Å². The molecule has 0 bridgehead atoms. The number of hydrogen-bond acceptors (Lipinski definition) is 6. The number of unbranched alkanes of at least 4 members (excludes halogenated alkanes) is 2. The van der Waals surface area contributed by atoms with Crippen LogP contribution in [0.1, 0.15) is 31.7 Å². The molecule has 0 spiro atoms. The van der Waals surface area contributed by atoms with Gasteiger partial charge in [0.25, 0.3) is 0 Å². The first-order valence-corrected chi connectivity index (χ1v) is 11.7. The molecule has 2 aromatic carbocycles. The number of esters is 1. The number of pyridine rings is 1. The lowest BCUT2D eigenvalue weighted by Gasteiger charge is -2.13. The third-order valence-electron chi connectivity index (χ3n) is 4.93. The summed E-state index contributed by atoms with van der Waals surface area (Å²) in [6, 6.07) is 7.84. The lowest BCUT2D eigenvalue weighted by Crippen LogP contribution is -2.08. The number of carbonyl (C=O) groups excluding carboxylic acids is 1. The summed E-state index contributed by atoms with van der Waals surface area (Å²) in [5, 5.41) is 0.603. The van der Waals surface area contributed by atoms with E-state index in [4.69, 9.17) is 4.74 Å². The molecule has 3 aromatic rings. The maximum Gasteiger partial charge on any atom is 0.310 e. The molecule has 0 amide bonds. The van der Waals surface area contributed by atoms with Crippen LogP contribution in [-0.2, 0) is 25.8 Å². The first-order chi connectivity index (χ1) is 15.2. The summed E-state index contributed by atoms with van der Waals surface area (Å²) in [7, 11) is -2.30. The van der Waals surface area contributed by atoms with Crippen LogP contribution in [0.3, 0.4) is 0 Å². The summed E-state index contributed by atoms with van der Waals surface area (Å²) < 4.78 is 64.0. The number of halogens is 2.